The van der Waals surface area contributed by atoms with Gasteiger partial charge in [-0.3, -0.25) is 9.59 Å². The SMILES string of the molecule is CC(Cn1ccnc1)NC(=O)C1CCN(C(=O)c2ccc(F)cc2F)CC1. The second-order valence-electron chi connectivity index (χ2n) is 6.86. The minimum Gasteiger partial charge on any atom is -0.352 e. The van der Waals surface area contributed by atoms with Crippen molar-refractivity contribution in [2.75, 3.05) is 13.1 Å². The molecule has 1 unspecified atom stereocenters. The highest BCUT2D eigenvalue weighted by Gasteiger charge is 2.29. The van der Waals surface area contributed by atoms with E-state index in [-0.39, 0.29) is 23.4 Å². The van der Waals surface area contributed by atoms with Crippen molar-refractivity contribution >= 4 is 11.8 Å². The van der Waals surface area contributed by atoms with Crippen LogP contribution in [0.15, 0.2) is 36.9 Å². The summed E-state index contributed by atoms with van der Waals surface area (Å²) in [5, 5.41) is 2.99. The lowest BCUT2D eigenvalue weighted by molar-refractivity contribution is -0.127. The van der Waals surface area contributed by atoms with E-state index in [0.717, 1.165) is 12.1 Å². The molecule has 144 valence electrons. The third kappa shape index (κ3) is 4.69. The van der Waals surface area contributed by atoms with Gasteiger partial charge >= 0.3 is 0 Å². The average molecular weight is 376 g/mol. The molecule has 1 aromatic heterocycles. The minimum absolute atomic E-state index is 0.0392. The van der Waals surface area contributed by atoms with Crippen LogP contribution in [0.3, 0.4) is 0 Å². The van der Waals surface area contributed by atoms with Gasteiger partial charge in [0.2, 0.25) is 5.91 Å². The Hall–Kier alpha value is -2.77. The number of rotatable bonds is 5. The number of imidazole rings is 1. The molecule has 2 aromatic rings. The number of hydrogen-bond acceptors (Lipinski definition) is 3. The second kappa shape index (κ2) is 8.28. The van der Waals surface area contributed by atoms with Gasteiger partial charge in [0, 0.05) is 50.1 Å². The fourth-order valence-electron chi connectivity index (χ4n) is 3.30. The number of nitrogens with one attached hydrogen (secondary N) is 1. The maximum atomic E-state index is 13.8. The van der Waals surface area contributed by atoms with E-state index >= 15 is 0 Å². The van der Waals surface area contributed by atoms with Crippen LogP contribution in [0.25, 0.3) is 0 Å². The molecule has 0 aliphatic carbocycles. The lowest BCUT2D eigenvalue weighted by Crippen LogP contribution is -2.45. The number of amides is 2. The van der Waals surface area contributed by atoms with Crippen LogP contribution >= 0.6 is 0 Å². The maximum Gasteiger partial charge on any atom is 0.256 e. The zero-order valence-electron chi connectivity index (χ0n) is 15.1. The molecule has 8 heteroatoms. The Balaban J connectivity index is 1.50. The number of piperidine rings is 1. The summed E-state index contributed by atoms with van der Waals surface area (Å²) in [5.41, 5.74) is -0.145. The highest BCUT2D eigenvalue weighted by atomic mass is 19.1. The Morgan fingerprint density at radius 1 is 1.30 bits per heavy atom. The molecular weight excluding hydrogens is 354 g/mol. The minimum atomic E-state index is -0.867. The van der Waals surface area contributed by atoms with Crippen LogP contribution in [0, 0.1) is 17.6 Å². The summed E-state index contributed by atoms with van der Waals surface area (Å²) in [6.45, 7) is 3.29. The van der Waals surface area contributed by atoms with E-state index in [4.69, 9.17) is 0 Å². The standard InChI is InChI=1S/C19H22F2N4O2/c1-13(11-24-9-6-22-12-24)23-18(26)14-4-7-25(8-5-14)19(27)16-3-2-15(20)10-17(16)21/h2-3,6,9-10,12-14H,4-5,7-8,11H2,1H3,(H,23,26). The highest BCUT2D eigenvalue weighted by Crippen LogP contribution is 2.21. The number of benzene rings is 1. The van der Waals surface area contributed by atoms with Gasteiger partial charge in [-0.1, -0.05) is 0 Å². The van der Waals surface area contributed by atoms with Gasteiger partial charge in [0.15, 0.2) is 0 Å². The van der Waals surface area contributed by atoms with Gasteiger partial charge in [-0.05, 0) is 31.9 Å². The smallest absolute Gasteiger partial charge is 0.256 e. The first kappa shape index (κ1) is 19.0. The number of hydrogen-bond donors (Lipinski definition) is 1. The zero-order chi connectivity index (χ0) is 19.4. The van der Waals surface area contributed by atoms with Gasteiger partial charge in [0.05, 0.1) is 11.9 Å². The summed E-state index contributed by atoms with van der Waals surface area (Å²) in [6, 6.07) is 2.89. The van der Waals surface area contributed by atoms with E-state index < -0.39 is 17.5 Å². The molecule has 0 bridgehead atoms. The predicted molar refractivity (Wildman–Crippen MR) is 94.8 cm³/mol. The third-order valence-electron chi connectivity index (χ3n) is 4.75. The fraction of sp³-hybridized carbons (Fsp3) is 0.421. The molecule has 2 amide bonds. The summed E-state index contributed by atoms with van der Waals surface area (Å²) in [6.07, 6.45) is 6.24. The molecule has 1 aromatic carbocycles. The first-order chi connectivity index (χ1) is 12.9. The van der Waals surface area contributed by atoms with Crippen molar-refractivity contribution in [2.24, 2.45) is 5.92 Å². The summed E-state index contributed by atoms with van der Waals surface area (Å²) in [5.74, 6) is -2.28. The van der Waals surface area contributed by atoms with E-state index in [2.05, 4.69) is 10.3 Å². The van der Waals surface area contributed by atoms with Crippen LogP contribution in [0.5, 0.6) is 0 Å². The monoisotopic (exact) mass is 376 g/mol. The first-order valence-corrected chi connectivity index (χ1v) is 8.94. The molecule has 0 saturated carbocycles. The largest absolute Gasteiger partial charge is 0.352 e. The van der Waals surface area contributed by atoms with Crippen LogP contribution in [-0.4, -0.2) is 45.4 Å². The van der Waals surface area contributed by atoms with Crippen molar-refractivity contribution in [3.05, 3.63) is 54.1 Å². The van der Waals surface area contributed by atoms with E-state index in [1.807, 2.05) is 17.7 Å². The molecular formula is C19H22F2N4O2. The number of carbonyl (C=O) groups excluding carboxylic acids is 2. The van der Waals surface area contributed by atoms with Crippen molar-refractivity contribution in [1.29, 1.82) is 0 Å². The number of carbonyl (C=O) groups is 2. The summed E-state index contributed by atoms with van der Waals surface area (Å²) >= 11 is 0. The van der Waals surface area contributed by atoms with Gasteiger partial charge in [0.1, 0.15) is 11.6 Å². The molecule has 1 atom stereocenters. The molecule has 27 heavy (non-hydrogen) atoms. The average Bonchev–Trinajstić information content (AvgIpc) is 3.14. The second-order valence-corrected chi connectivity index (χ2v) is 6.86. The van der Waals surface area contributed by atoms with E-state index in [1.165, 1.54) is 4.90 Å². The molecule has 1 aliphatic rings. The van der Waals surface area contributed by atoms with Crippen molar-refractivity contribution in [1.82, 2.24) is 19.8 Å². The third-order valence-corrected chi connectivity index (χ3v) is 4.75. The van der Waals surface area contributed by atoms with Gasteiger partial charge in [0.25, 0.3) is 5.91 Å². The van der Waals surface area contributed by atoms with Crippen molar-refractivity contribution in [3.8, 4) is 0 Å². The molecule has 1 N–H and O–H groups in total. The molecule has 6 nitrogen and oxygen atoms in total. The van der Waals surface area contributed by atoms with Crippen LogP contribution in [0.2, 0.25) is 0 Å². The van der Waals surface area contributed by atoms with E-state index in [0.29, 0.717) is 38.5 Å². The van der Waals surface area contributed by atoms with Gasteiger partial charge in [-0.15, -0.1) is 0 Å². The number of aromatic nitrogens is 2. The summed E-state index contributed by atoms with van der Waals surface area (Å²) in [4.78, 5) is 30.3. The Kier molecular flexibility index (Phi) is 5.83. The molecule has 0 spiro atoms. The Morgan fingerprint density at radius 2 is 2.04 bits per heavy atom. The van der Waals surface area contributed by atoms with E-state index in [9.17, 15) is 18.4 Å². The Morgan fingerprint density at radius 3 is 2.67 bits per heavy atom. The van der Waals surface area contributed by atoms with Crippen LogP contribution in [0.4, 0.5) is 8.78 Å². The summed E-state index contributed by atoms with van der Waals surface area (Å²) in [7, 11) is 0. The first-order valence-electron chi connectivity index (χ1n) is 8.94. The molecule has 1 fully saturated rings. The van der Waals surface area contributed by atoms with Crippen LogP contribution < -0.4 is 5.32 Å². The lowest BCUT2D eigenvalue weighted by atomic mass is 9.95. The summed E-state index contributed by atoms with van der Waals surface area (Å²) < 4.78 is 28.7. The number of likely N-dealkylation sites (tertiary alicyclic amines) is 1. The van der Waals surface area contributed by atoms with Crippen molar-refractivity contribution < 1.29 is 18.4 Å². The van der Waals surface area contributed by atoms with Gasteiger partial charge in [-0.2, -0.15) is 0 Å². The topological polar surface area (TPSA) is 67.2 Å². The highest BCUT2D eigenvalue weighted by molar-refractivity contribution is 5.94. The molecule has 1 aliphatic heterocycles. The maximum absolute atomic E-state index is 13.8. The Labute approximate surface area is 156 Å². The predicted octanol–water partition coefficient (Wildman–Crippen LogP) is 2.22. The molecule has 1 saturated heterocycles. The van der Waals surface area contributed by atoms with Crippen LogP contribution in [-0.2, 0) is 11.3 Å². The van der Waals surface area contributed by atoms with Crippen molar-refractivity contribution in [3.63, 3.8) is 0 Å². The van der Waals surface area contributed by atoms with Crippen molar-refractivity contribution in [2.45, 2.75) is 32.4 Å². The molecule has 0 radical (unpaired) electrons. The quantitative estimate of drug-likeness (QED) is 0.870. The van der Waals surface area contributed by atoms with Crippen LogP contribution in [0.1, 0.15) is 30.1 Å². The van der Waals surface area contributed by atoms with Gasteiger partial charge < -0.3 is 14.8 Å². The number of nitrogens with zero attached hydrogens (tertiary/aromatic N) is 3. The molecule has 2 heterocycles. The van der Waals surface area contributed by atoms with Gasteiger partial charge in [-0.25, -0.2) is 13.8 Å². The number of halogens is 2. The fourth-order valence-corrected chi connectivity index (χ4v) is 3.30. The molecule has 3 rings (SSSR count). The van der Waals surface area contributed by atoms with E-state index in [1.54, 1.807) is 12.5 Å². The Bertz CT molecular complexity index is 802. The lowest BCUT2D eigenvalue weighted by Gasteiger charge is -2.32. The normalized spacial score (nSPS) is 16.2. The zero-order valence-corrected chi connectivity index (χ0v) is 15.1.